The summed E-state index contributed by atoms with van der Waals surface area (Å²) in [6, 6.07) is 13.6. The Morgan fingerprint density at radius 1 is 1.08 bits per heavy atom. The maximum atomic E-state index is 12.2. The maximum Gasteiger partial charge on any atom is 0.338 e. The Kier molecular flexibility index (Phi) is 6.34. The van der Waals surface area contributed by atoms with Crippen LogP contribution < -0.4 is 5.32 Å². The number of ether oxygens (including phenoxy) is 1. The number of esters is 1. The lowest BCUT2D eigenvalue weighted by Crippen LogP contribution is -2.14. The van der Waals surface area contributed by atoms with Gasteiger partial charge in [0.1, 0.15) is 0 Å². The van der Waals surface area contributed by atoms with E-state index in [9.17, 15) is 9.59 Å². The summed E-state index contributed by atoms with van der Waals surface area (Å²) in [6.07, 6.45) is 1.07. The topological polar surface area (TPSA) is 55.4 Å². The van der Waals surface area contributed by atoms with E-state index in [1.54, 1.807) is 25.1 Å². The fraction of sp³-hybridized carbons (Fsp3) is 0.333. The maximum absolute atomic E-state index is 12.2. The molecule has 0 atom stereocenters. The van der Waals surface area contributed by atoms with Crippen molar-refractivity contribution in [2.24, 2.45) is 0 Å². The Balaban J connectivity index is 1.97. The van der Waals surface area contributed by atoms with Crippen LogP contribution in [0, 0.1) is 6.92 Å². The van der Waals surface area contributed by atoms with Crippen LogP contribution in [-0.4, -0.2) is 19.0 Å². The van der Waals surface area contributed by atoms with Crippen molar-refractivity contribution in [3.05, 3.63) is 64.7 Å². The summed E-state index contributed by atoms with van der Waals surface area (Å²) in [5.41, 5.74) is 4.25. The molecule has 1 N–H and O–H groups in total. The lowest BCUT2D eigenvalue weighted by molar-refractivity contribution is -0.116. The molecule has 0 heterocycles. The first-order valence-corrected chi connectivity index (χ1v) is 8.49. The van der Waals surface area contributed by atoms with Gasteiger partial charge >= 0.3 is 5.97 Å². The number of hydrogen-bond donors (Lipinski definition) is 1. The second kappa shape index (κ2) is 8.47. The van der Waals surface area contributed by atoms with E-state index in [4.69, 9.17) is 4.74 Å². The average molecular weight is 339 g/mol. The molecule has 0 bridgehead atoms. The summed E-state index contributed by atoms with van der Waals surface area (Å²) in [5, 5.41) is 2.88. The van der Waals surface area contributed by atoms with Gasteiger partial charge in [-0.05, 0) is 48.1 Å². The standard InChI is InChI=1S/C21H25NO3/c1-14(2)17-11-8-16(9-12-17)10-13-20(23)22-19-7-5-6-18(15(19)3)21(24)25-4/h5-9,11-12,14H,10,13H2,1-4H3,(H,22,23). The van der Waals surface area contributed by atoms with Gasteiger partial charge in [0.15, 0.2) is 0 Å². The van der Waals surface area contributed by atoms with Crippen molar-refractivity contribution < 1.29 is 14.3 Å². The first-order valence-electron chi connectivity index (χ1n) is 8.49. The normalized spacial score (nSPS) is 10.6. The Labute approximate surface area is 149 Å². The number of rotatable bonds is 6. The number of anilines is 1. The van der Waals surface area contributed by atoms with Gasteiger partial charge in [-0.1, -0.05) is 44.2 Å². The number of carbonyl (C=O) groups excluding carboxylic acids is 2. The fourth-order valence-electron chi connectivity index (χ4n) is 2.64. The van der Waals surface area contributed by atoms with Crippen LogP contribution in [0.3, 0.4) is 0 Å². The number of aryl methyl sites for hydroxylation is 1. The van der Waals surface area contributed by atoms with Gasteiger partial charge in [-0.3, -0.25) is 4.79 Å². The van der Waals surface area contributed by atoms with E-state index in [0.29, 0.717) is 35.6 Å². The quantitative estimate of drug-likeness (QED) is 0.790. The predicted octanol–water partition coefficient (Wildman–Crippen LogP) is 4.48. The summed E-state index contributed by atoms with van der Waals surface area (Å²) in [6.45, 7) is 6.12. The Morgan fingerprint density at radius 3 is 2.36 bits per heavy atom. The molecule has 0 aromatic heterocycles. The third-order valence-electron chi connectivity index (χ3n) is 4.30. The number of carbonyl (C=O) groups is 2. The monoisotopic (exact) mass is 339 g/mol. The molecule has 0 saturated heterocycles. The van der Waals surface area contributed by atoms with Crippen LogP contribution in [0.25, 0.3) is 0 Å². The number of nitrogens with one attached hydrogen (secondary N) is 1. The van der Waals surface area contributed by atoms with Gasteiger partial charge in [-0.15, -0.1) is 0 Å². The summed E-state index contributed by atoms with van der Waals surface area (Å²) in [4.78, 5) is 24.0. The van der Waals surface area contributed by atoms with Gasteiger partial charge in [0, 0.05) is 12.1 Å². The lowest BCUT2D eigenvalue weighted by Gasteiger charge is -2.11. The molecule has 2 aromatic rings. The van der Waals surface area contributed by atoms with E-state index in [-0.39, 0.29) is 5.91 Å². The molecule has 1 amide bonds. The van der Waals surface area contributed by atoms with E-state index < -0.39 is 5.97 Å². The van der Waals surface area contributed by atoms with E-state index in [1.165, 1.54) is 12.7 Å². The molecule has 2 rings (SSSR count). The van der Waals surface area contributed by atoms with Crippen molar-refractivity contribution in [3.8, 4) is 0 Å². The highest BCUT2D eigenvalue weighted by Crippen LogP contribution is 2.20. The molecule has 0 aliphatic heterocycles. The first-order chi connectivity index (χ1) is 11.9. The molecule has 0 fully saturated rings. The molecule has 132 valence electrons. The number of amides is 1. The van der Waals surface area contributed by atoms with Crippen LogP contribution >= 0.6 is 0 Å². The van der Waals surface area contributed by atoms with Crippen LogP contribution in [-0.2, 0) is 16.0 Å². The highest BCUT2D eigenvalue weighted by molar-refractivity contribution is 5.96. The Morgan fingerprint density at radius 2 is 1.76 bits per heavy atom. The minimum absolute atomic E-state index is 0.0712. The van der Waals surface area contributed by atoms with Crippen molar-refractivity contribution in [2.75, 3.05) is 12.4 Å². The molecular weight excluding hydrogens is 314 g/mol. The average Bonchev–Trinajstić information content (AvgIpc) is 2.61. The molecular formula is C21H25NO3. The second-order valence-electron chi connectivity index (χ2n) is 6.41. The molecule has 25 heavy (non-hydrogen) atoms. The molecule has 0 aliphatic rings. The predicted molar refractivity (Wildman–Crippen MR) is 100 cm³/mol. The van der Waals surface area contributed by atoms with E-state index in [0.717, 1.165) is 5.56 Å². The highest BCUT2D eigenvalue weighted by Gasteiger charge is 2.13. The van der Waals surface area contributed by atoms with Gasteiger partial charge in [-0.25, -0.2) is 4.79 Å². The molecule has 0 spiro atoms. The largest absolute Gasteiger partial charge is 0.465 e. The molecule has 0 aliphatic carbocycles. The third kappa shape index (κ3) is 4.92. The van der Waals surface area contributed by atoms with Crippen LogP contribution in [0.2, 0.25) is 0 Å². The molecule has 0 saturated carbocycles. The van der Waals surface area contributed by atoms with Crippen molar-refractivity contribution in [1.29, 1.82) is 0 Å². The Hall–Kier alpha value is -2.62. The zero-order valence-corrected chi connectivity index (χ0v) is 15.3. The van der Waals surface area contributed by atoms with Gasteiger partial charge in [0.25, 0.3) is 0 Å². The molecule has 2 aromatic carbocycles. The van der Waals surface area contributed by atoms with Gasteiger partial charge in [0.05, 0.1) is 12.7 Å². The van der Waals surface area contributed by atoms with Crippen molar-refractivity contribution in [2.45, 2.75) is 39.5 Å². The van der Waals surface area contributed by atoms with E-state index >= 15 is 0 Å². The number of methoxy groups -OCH3 is 1. The zero-order valence-electron chi connectivity index (χ0n) is 15.3. The highest BCUT2D eigenvalue weighted by atomic mass is 16.5. The second-order valence-corrected chi connectivity index (χ2v) is 6.41. The van der Waals surface area contributed by atoms with E-state index in [1.807, 2.05) is 0 Å². The minimum Gasteiger partial charge on any atom is -0.465 e. The van der Waals surface area contributed by atoms with Crippen LogP contribution in [0.15, 0.2) is 42.5 Å². The van der Waals surface area contributed by atoms with E-state index in [2.05, 4.69) is 43.4 Å². The number of benzene rings is 2. The van der Waals surface area contributed by atoms with Gasteiger partial charge < -0.3 is 10.1 Å². The fourth-order valence-corrected chi connectivity index (χ4v) is 2.64. The molecule has 4 heteroatoms. The number of hydrogen-bond acceptors (Lipinski definition) is 3. The van der Waals surface area contributed by atoms with Gasteiger partial charge in [0.2, 0.25) is 5.91 Å². The third-order valence-corrected chi connectivity index (χ3v) is 4.30. The summed E-state index contributed by atoms with van der Waals surface area (Å²) in [7, 11) is 1.34. The van der Waals surface area contributed by atoms with Gasteiger partial charge in [-0.2, -0.15) is 0 Å². The van der Waals surface area contributed by atoms with Crippen molar-refractivity contribution >= 4 is 17.6 Å². The van der Waals surface area contributed by atoms with Crippen LogP contribution in [0.5, 0.6) is 0 Å². The summed E-state index contributed by atoms with van der Waals surface area (Å²) >= 11 is 0. The zero-order chi connectivity index (χ0) is 18.4. The van der Waals surface area contributed by atoms with Crippen LogP contribution in [0.1, 0.15) is 53.2 Å². The van der Waals surface area contributed by atoms with Crippen LogP contribution in [0.4, 0.5) is 5.69 Å². The van der Waals surface area contributed by atoms with Crippen molar-refractivity contribution in [3.63, 3.8) is 0 Å². The SMILES string of the molecule is COC(=O)c1cccc(NC(=O)CCc2ccc(C(C)C)cc2)c1C. The Bertz CT molecular complexity index is 748. The summed E-state index contributed by atoms with van der Waals surface area (Å²) in [5.74, 6) is 0.0271. The van der Waals surface area contributed by atoms with Crippen molar-refractivity contribution in [1.82, 2.24) is 0 Å². The molecule has 0 unspecified atom stereocenters. The lowest BCUT2D eigenvalue weighted by atomic mass is 10.0. The minimum atomic E-state index is -0.404. The summed E-state index contributed by atoms with van der Waals surface area (Å²) < 4.78 is 4.76. The first kappa shape index (κ1) is 18.7. The molecule has 4 nitrogen and oxygen atoms in total. The molecule has 0 radical (unpaired) electrons. The smallest absolute Gasteiger partial charge is 0.338 e.